The predicted molar refractivity (Wildman–Crippen MR) is 75.3 cm³/mol. The number of carbonyl (C=O) groups excluding carboxylic acids is 1. The smallest absolute Gasteiger partial charge is 0.166 e. The fourth-order valence-electron chi connectivity index (χ4n) is 4.11. The Bertz CT molecular complexity index is 527. The van der Waals surface area contributed by atoms with Crippen LogP contribution in [0.5, 0.6) is 0 Å². The molecule has 3 N–H and O–H groups in total. The minimum Gasteiger partial charge on any atom is -0.491 e. The summed E-state index contributed by atoms with van der Waals surface area (Å²) in [4.78, 5) is 12.4. The molecule has 5 heteroatoms. The standard InChI is InChI=1S/C16H24O5/c1-14(2)6-10(18)8-5-9(17)12(19)16(13(8)21-14)7-11(16)15(3,4)20/h9,11-12,17,19-20H,5-7H2,1-4H3/t9-,11-,12-,16+/m0/s1. The van der Waals surface area contributed by atoms with E-state index in [1.54, 1.807) is 13.8 Å². The van der Waals surface area contributed by atoms with Crippen LogP contribution in [0.15, 0.2) is 11.3 Å². The molecule has 21 heavy (non-hydrogen) atoms. The van der Waals surface area contributed by atoms with Crippen LogP contribution in [-0.4, -0.2) is 44.5 Å². The lowest BCUT2D eigenvalue weighted by Crippen LogP contribution is -2.49. The minimum absolute atomic E-state index is 0.0204. The van der Waals surface area contributed by atoms with Gasteiger partial charge in [0.05, 0.1) is 29.6 Å². The molecule has 1 saturated carbocycles. The fraction of sp³-hybridized carbons (Fsp3) is 0.812. The predicted octanol–water partition coefficient (Wildman–Crippen LogP) is 0.911. The van der Waals surface area contributed by atoms with Crippen LogP contribution in [0.3, 0.4) is 0 Å². The number of fused-ring (bicyclic) bond motifs is 1. The summed E-state index contributed by atoms with van der Waals surface area (Å²) in [6, 6.07) is 0. The number of Topliss-reactive ketones (excluding diaryl/α,β-unsaturated/α-hetero) is 1. The normalized spacial score (nSPS) is 41.9. The van der Waals surface area contributed by atoms with E-state index in [-0.39, 0.29) is 24.5 Å². The highest BCUT2D eigenvalue weighted by molar-refractivity contribution is 5.98. The van der Waals surface area contributed by atoms with E-state index in [1.807, 2.05) is 13.8 Å². The van der Waals surface area contributed by atoms with Crippen molar-refractivity contribution in [3.05, 3.63) is 11.3 Å². The highest BCUT2D eigenvalue weighted by Gasteiger charge is 2.71. The highest BCUT2D eigenvalue weighted by Crippen LogP contribution is 2.68. The van der Waals surface area contributed by atoms with E-state index in [0.29, 0.717) is 17.8 Å². The topological polar surface area (TPSA) is 87.0 Å². The van der Waals surface area contributed by atoms with Gasteiger partial charge in [-0.25, -0.2) is 0 Å². The van der Waals surface area contributed by atoms with E-state index in [2.05, 4.69) is 0 Å². The van der Waals surface area contributed by atoms with Crippen LogP contribution in [0.1, 0.15) is 47.0 Å². The van der Waals surface area contributed by atoms with Gasteiger partial charge in [0.2, 0.25) is 0 Å². The molecule has 1 aliphatic heterocycles. The number of ether oxygens (including phenoxy) is 1. The highest BCUT2D eigenvalue weighted by atomic mass is 16.5. The zero-order chi connectivity index (χ0) is 15.8. The molecule has 0 unspecified atom stereocenters. The van der Waals surface area contributed by atoms with Crippen molar-refractivity contribution in [1.82, 2.24) is 0 Å². The molecule has 0 saturated heterocycles. The summed E-state index contributed by atoms with van der Waals surface area (Å²) in [5.74, 6) is 0.267. The van der Waals surface area contributed by atoms with Gasteiger partial charge < -0.3 is 20.1 Å². The molecule has 1 heterocycles. The number of hydrogen-bond acceptors (Lipinski definition) is 5. The number of rotatable bonds is 1. The molecule has 3 aliphatic rings. The number of carbonyl (C=O) groups is 1. The number of aliphatic hydroxyl groups is 3. The maximum absolute atomic E-state index is 12.4. The largest absolute Gasteiger partial charge is 0.491 e. The molecule has 0 radical (unpaired) electrons. The third-order valence-corrected chi connectivity index (χ3v) is 5.16. The van der Waals surface area contributed by atoms with Crippen LogP contribution in [0.4, 0.5) is 0 Å². The van der Waals surface area contributed by atoms with E-state index >= 15 is 0 Å². The van der Waals surface area contributed by atoms with E-state index in [9.17, 15) is 20.1 Å². The van der Waals surface area contributed by atoms with Gasteiger partial charge >= 0.3 is 0 Å². The van der Waals surface area contributed by atoms with E-state index < -0.39 is 28.8 Å². The molecule has 1 spiro atoms. The first-order valence-electron chi connectivity index (χ1n) is 7.53. The average molecular weight is 296 g/mol. The lowest BCUT2D eigenvalue weighted by Gasteiger charge is -2.44. The molecule has 0 bridgehead atoms. The summed E-state index contributed by atoms with van der Waals surface area (Å²) in [6.07, 6.45) is -1.06. The van der Waals surface area contributed by atoms with Crippen molar-refractivity contribution in [3.63, 3.8) is 0 Å². The Hall–Kier alpha value is -0.910. The number of ketones is 1. The van der Waals surface area contributed by atoms with Gasteiger partial charge in [-0.1, -0.05) is 0 Å². The summed E-state index contributed by atoms with van der Waals surface area (Å²) >= 11 is 0. The Morgan fingerprint density at radius 3 is 2.43 bits per heavy atom. The first-order valence-corrected chi connectivity index (χ1v) is 7.53. The maximum Gasteiger partial charge on any atom is 0.166 e. The minimum atomic E-state index is -1.01. The molecular formula is C16H24O5. The second-order valence-corrected chi connectivity index (χ2v) is 7.94. The van der Waals surface area contributed by atoms with Crippen molar-refractivity contribution in [2.45, 2.75) is 70.4 Å². The third-order valence-electron chi connectivity index (χ3n) is 5.16. The molecule has 4 atom stereocenters. The first-order chi connectivity index (χ1) is 9.49. The summed E-state index contributed by atoms with van der Waals surface area (Å²) in [7, 11) is 0. The van der Waals surface area contributed by atoms with Gasteiger partial charge in [-0.3, -0.25) is 4.79 Å². The first kappa shape index (κ1) is 15.0. The summed E-state index contributed by atoms with van der Waals surface area (Å²) in [6.45, 7) is 7.08. The lowest BCUT2D eigenvalue weighted by atomic mass is 9.74. The zero-order valence-corrected chi connectivity index (χ0v) is 13.0. The van der Waals surface area contributed by atoms with Crippen LogP contribution in [0.2, 0.25) is 0 Å². The summed E-state index contributed by atoms with van der Waals surface area (Å²) in [5.41, 5.74) is -1.93. The molecule has 3 rings (SSSR count). The molecule has 118 valence electrons. The van der Waals surface area contributed by atoms with Crippen molar-refractivity contribution >= 4 is 5.78 Å². The van der Waals surface area contributed by atoms with Crippen molar-refractivity contribution in [3.8, 4) is 0 Å². The lowest BCUT2D eigenvalue weighted by molar-refractivity contribution is -0.133. The Balaban J connectivity index is 2.10. The number of aliphatic hydroxyl groups excluding tert-OH is 2. The molecule has 0 aromatic heterocycles. The second kappa shape index (κ2) is 4.09. The van der Waals surface area contributed by atoms with E-state index in [4.69, 9.17) is 4.74 Å². The quantitative estimate of drug-likeness (QED) is 0.669. The van der Waals surface area contributed by atoms with Gasteiger partial charge in [0.15, 0.2) is 5.78 Å². The molecule has 0 aromatic rings. The Morgan fingerprint density at radius 1 is 1.29 bits per heavy atom. The van der Waals surface area contributed by atoms with Gasteiger partial charge in [-0.15, -0.1) is 0 Å². The Kier molecular flexibility index (Phi) is 2.92. The Labute approximate surface area is 124 Å². The Morgan fingerprint density at radius 2 is 1.90 bits per heavy atom. The average Bonchev–Trinajstić information content (AvgIpc) is 3.05. The van der Waals surface area contributed by atoms with Crippen molar-refractivity contribution in [1.29, 1.82) is 0 Å². The zero-order valence-electron chi connectivity index (χ0n) is 13.0. The molecule has 5 nitrogen and oxygen atoms in total. The van der Waals surface area contributed by atoms with Gasteiger partial charge in [0.1, 0.15) is 11.4 Å². The fourth-order valence-corrected chi connectivity index (χ4v) is 4.11. The van der Waals surface area contributed by atoms with Crippen LogP contribution < -0.4 is 0 Å². The van der Waals surface area contributed by atoms with Crippen LogP contribution in [-0.2, 0) is 9.53 Å². The van der Waals surface area contributed by atoms with Crippen LogP contribution in [0.25, 0.3) is 0 Å². The van der Waals surface area contributed by atoms with Crippen LogP contribution in [0, 0.1) is 11.3 Å². The monoisotopic (exact) mass is 296 g/mol. The summed E-state index contributed by atoms with van der Waals surface area (Å²) in [5, 5.41) is 31.0. The van der Waals surface area contributed by atoms with Gasteiger partial charge in [-0.2, -0.15) is 0 Å². The second-order valence-electron chi connectivity index (χ2n) is 7.94. The number of hydrogen-bond donors (Lipinski definition) is 3. The van der Waals surface area contributed by atoms with Crippen molar-refractivity contribution in [2.75, 3.05) is 0 Å². The van der Waals surface area contributed by atoms with Gasteiger partial charge in [0.25, 0.3) is 0 Å². The molecular weight excluding hydrogens is 272 g/mol. The molecule has 1 fully saturated rings. The van der Waals surface area contributed by atoms with E-state index in [0.717, 1.165) is 0 Å². The van der Waals surface area contributed by atoms with Gasteiger partial charge in [-0.05, 0) is 34.1 Å². The molecule has 2 aliphatic carbocycles. The third kappa shape index (κ3) is 2.05. The summed E-state index contributed by atoms with van der Waals surface area (Å²) < 4.78 is 6.05. The SMILES string of the molecule is CC1(C)CC(=O)C2=C(O1)[C@@]1(C[C@H]1C(C)(C)O)[C@@H](O)[C@@H](O)C2. The van der Waals surface area contributed by atoms with Crippen molar-refractivity contribution in [2.24, 2.45) is 11.3 Å². The molecule has 0 aromatic carbocycles. The van der Waals surface area contributed by atoms with Gasteiger partial charge in [0, 0.05) is 17.9 Å². The van der Waals surface area contributed by atoms with E-state index in [1.165, 1.54) is 0 Å². The van der Waals surface area contributed by atoms with Crippen LogP contribution >= 0.6 is 0 Å². The maximum atomic E-state index is 12.4. The van der Waals surface area contributed by atoms with Crippen molar-refractivity contribution < 1.29 is 24.9 Å². The molecule has 0 amide bonds.